The monoisotopic (exact) mass is 416 g/mol. The van der Waals surface area contributed by atoms with Crippen LogP contribution >= 0.6 is 0 Å². The van der Waals surface area contributed by atoms with E-state index in [4.69, 9.17) is 4.74 Å². The molecule has 1 atom stereocenters. The number of benzene rings is 2. The van der Waals surface area contributed by atoms with Crippen molar-refractivity contribution in [3.63, 3.8) is 0 Å². The number of hydrogen-bond donors (Lipinski definition) is 1. The van der Waals surface area contributed by atoms with Crippen molar-refractivity contribution in [3.8, 4) is 5.75 Å². The third-order valence-electron chi connectivity index (χ3n) is 5.51. The van der Waals surface area contributed by atoms with Crippen molar-refractivity contribution in [3.05, 3.63) is 59.7 Å². The number of nitrogens with one attached hydrogen (secondary N) is 1. The maximum atomic E-state index is 13.1. The van der Waals surface area contributed by atoms with E-state index in [9.17, 15) is 13.2 Å². The van der Waals surface area contributed by atoms with E-state index >= 15 is 0 Å². The van der Waals surface area contributed by atoms with Gasteiger partial charge < -0.3 is 10.1 Å². The molecule has 0 radical (unpaired) electrons. The minimum Gasteiger partial charge on any atom is -0.497 e. The molecule has 2 aromatic rings. The fourth-order valence-corrected chi connectivity index (χ4v) is 5.57. The molecule has 0 aliphatic carbocycles. The van der Waals surface area contributed by atoms with Crippen LogP contribution in [0.15, 0.2) is 53.4 Å². The summed E-state index contributed by atoms with van der Waals surface area (Å²) in [6.07, 6.45) is 1.30. The van der Waals surface area contributed by atoms with Crippen LogP contribution in [0.1, 0.15) is 30.9 Å². The van der Waals surface area contributed by atoms with Crippen LogP contribution < -0.4 is 10.1 Å². The Morgan fingerprint density at radius 3 is 2.69 bits per heavy atom. The summed E-state index contributed by atoms with van der Waals surface area (Å²) in [5, 5.41) is 2.97. The number of methoxy groups -OCH3 is 1. The van der Waals surface area contributed by atoms with Gasteiger partial charge in [0, 0.05) is 19.6 Å². The Hall–Kier alpha value is -2.38. The van der Waals surface area contributed by atoms with Crippen molar-refractivity contribution in [2.24, 2.45) is 5.41 Å². The van der Waals surface area contributed by atoms with Crippen LogP contribution in [0.2, 0.25) is 0 Å². The molecule has 1 unspecified atom stereocenters. The molecule has 1 heterocycles. The van der Waals surface area contributed by atoms with Crippen LogP contribution in [0.25, 0.3) is 0 Å². The van der Waals surface area contributed by atoms with E-state index in [1.54, 1.807) is 32.2 Å². The largest absolute Gasteiger partial charge is 0.497 e. The van der Waals surface area contributed by atoms with Crippen LogP contribution in [0, 0.1) is 12.3 Å². The Balaban J connectivity index is 1.72. The predicted molar refractivity (Wildman–Crippen MR) is 112 cm³/mol. The Morgan fingerprint density at radius 2 is 1.97 bits per heavy atom. The lowest BCUT2D eigenvalue weighted by Gasteiger charge is -2.38. The third-order valence-corrected chi connectivity index (χ3v) is 7.51. The van der Waals surface area contributed by atoms with Gasteiger partial charge in [-0.05, 0) is 56.0 Å². The zero-order chi connectivity index (χ0) is 21.1. The second-order valence-corrected chi connectivity index (χ2v) is 9.71. The molecule has 0 bridgehead atoms. The molecule has 29 heavy (non-hydrogen) atoms. The molecule has 0 saturated carbocycles. The lowest BCUT2D eigenvalue weighted by molar-refractivity contribution is -0.132. The van der Waals surface area contributed by atoms with Crippen LogP contribution in [-0.4, -0.2) is 38.8 Å². The van der Waals surface area contributed by atoms with Crippen LogP contribution in [0.3, 0.4) is 0 Å². The van der Waals surface area contributed by atoms with E-state index in [0.717, 1.165) is 11.3 Å². The number of hydrogen-bond acceptors (Lipinski definition) is 4. The third kappa shape index (κ3) is 4.62. The van der Waals surface area contributed by atoms with Gasteiger partial charge in [-0.1, -0.05) is 30.3 Å². The fourth-order valence-electron chi connectivity index (χ4n) is 3.75. The summed E-state index contributed by atoms with van der Waals surface area (Å²) < 4.78 is 33.0. The number of carbonyl (C=O) groups excluding carboxylic acids is 1. The molecule has 6 nitrogen and oxygen atoms in total. The van der Waals surface area contributed by atoms with Gasteiger partial charge in [-0.2, -0.15) is 4.31 Å². The Labute approximate surface area is 172 Å². The average molecular weight is 417 g/mol. The Bertz CT molecular complexity index is 990. The van der Waals surface area contributed by atoms with E-state index in [1.165, 1.54) is 4.31 Å². The molecule has 1 saturated heterocycles. The summed E-state index contributed by atoms with van der Waals surface area (Å²) in [7, 11) is -2.04. The SMILES string of the molecule is COc1cccc(CNC(=O)C2(C)CCCN(S(=O)(=O)c3ccccc3C)C2)c1. The second kappa shape index (κ2) is 8.55. The zero-order valence-electron chi connectivity index (χ0n) is 17.1. The standard InChI is InChI=1S/C22H28N2O4S/c1-17-8-4-5-11-20(17)29(26,27)24-13-7-12-22(2,16-24)21(25)23-15-18-9-6-10-19(14-18)28-3/h4-6,8-11,14H,7,12-13,15-16H2,1-3H3,(H,23,25). The molecule has 156 valence electrons. The summed E-state index contributed by atoms with van der Waals surface area (Å²) in [6.45, 7) is 4.60. The van der Waals surface area contributed by atoms with Gasteiger partial charge in [0.05, 0.1) is 17.4 Å². The first kappa shape index (κ1) is 21.3. The minimum atomic E-state index is -3.64. The van der Waals surface area contributed by atoms with Gasteiger partial charge in [0.2, 0.25) is 15.9 Å². The molecule has 7 heteroatoms. The number of amides is 1. The first-order chi connectivity index (χ1) is 13.8. The van der Waals surface area contributed by atoms with Crippen molar-refractivity contribution >= 4 is 15.9 Å². The molecule has 3 rings (SSSR count). The Kier molecular flexibility index (Phi) is 6.29. The van der Waals surface area contributed by atoms with Crippen LogP contribution in [0.5, 0.6) is 5.75 Å². The quantitative estimate of drug-likeness (QED) is 0.785. The average Bonchev–Trinajstić information content (AvgIpc) is 2.72. The first-order valence-electron chi connectivity index (χ1n) is 9.73. The van der Waals surface area contributed by atoms with Gasteiger partial charge in [-0.3, -0.25) is 4.79 Å². The highest BCUT2D eigenvalue weighted by Gasteiger charge is 2.42. The van der Waals surface area contributed by atoms with Crippen molar-refractivity contribution < 1.29 is 17.9 Å². The van der Waals surface area contributed by atoms with Gasteiger partial charge in [-0.15, -0.1) is 0 Å². The lowest BCUT2D eigenvalue weighted by atomic mass is 9.82. The molecule has 2 aromatic carbocycles. The minimum absolute atomic E-state index is 0.134. The topological polar surface area (TPSA) is 75.7 Å². The number of nitrogens with zero attached hydrogens (tertiary/aromatic N) is 1. The molecule has 0 spiro atoms. The fraction of sp³-hybridized carbons (Fsp3) is 0.409. The summed E-state index contributed by atoms with van der Waals surface area (Å²) in [6, 6.07) is 14.5. The summed E-state index contributed by atoms with van der Waals surface area (Å²) in [5.74, 6) is 0.598. The molecule has 1 aliphatic heterocycles. The number of carbonyl (C=O) groups is 1. The molecule has 1 fully saturated rings. The van der Waals surface area contributed by atoms with Gasteiger partial charge >= 0.3 is 0 Å². The highest BCUT2D eigenvalue weighted by molar-refractivity contribution is 7.89. The van der Waals surface area contributed by atoms with Crippen molar-refractivity contribution in [1.29, 1.82) is 0 Å². The molecule has 1 amide bonds. The maximum absolute atomic E-state index is 13.1. The molecule has 1 aliphatic rings. The van der Waals surface area contributed by atoms with Crippen molar-refractivity contribution in [2.75, 3.05) is 20.2 Å². The summed E-state index contributed by atoms with van der Waals surface area (Å²) in [4.78, 5) is 13.3. The summed E-state index contributed by atoms with van der Waals surface area (Å²) in [5.41, 5.74) is 0.871. The van der Waals surface area contributed by atoms with E-state index in [2.05, 4.69) is 5.32 Å². The van der Waals surface area contributed by atoms with E-state index in [0.29, 0.717) is 36.4 Å². The van der Waals surface area contributed by atoms with Crippen molar-refractivity contribution in [2.45, 2.75) is 38.1 Å². The first-order valence-corrected chi connectivity index (χ1v) is 11.2. The molecule has 1 N–H and O–H groups in total. The molecular weight excluding hydrogens is 388 g/mol. The van der Waals surface area contributed by atoms with Gasteiger partial charge in [0.25, 0.3) is 0 Å². The maximum Gasteiger partial charge on any atom is 0.243 e. The van der Waals surface area contributed by atoms with Gasteiger partial charge in [0.15, 0.2) is 0 Å². The smallest absolute Gasteiger partial charge is 0.243 e. The number of sulfonamides is 1. The number of ether oxygens (including phenoxy) is 1. The predicted octanol–water partition coefficient (Wildman–Crippen LogP) is 3.11. The number of aryl methyl sites for hydroxylation is 1. The zero-order valence-corrected chi connectivity index (χ0v) is 18.0. The number of rotatable bonds is 6. The van der Waals surface area contributed by atoms with Crippen LogP contribution in [0.4, 0.5) is 0 Å². The highest BCUT2D eigenvalue weighted by Crippen LogP contribution is 2.33. The lowest BCUT2D eigenvalue weighted by Crippen LogP contribution is -2.51. The van der Waals surface area contributed by atoms with E-state index in [-0.39, 0.29) is 12.5 Å². The number of piperidine rings is 1. The van der Waals surface area contributed by atoms with Crippen molar-refractivity contribution in [1.82, 2.24) is 9.62 Å². The van der Waals surface area contributed by atoms with E-state index < -0.39 is 15.4 Å². The molecular formula is C22H28N2O4S. The highest BCUT2D eigenvalue weighted by atomic mass is 32.2. The normalized spacial score (nSPS) is 20.2. The second-order valence-electron chi connectivity index (χ2n) is 7.80. The van der Waals surface area contributed by atoms with Gasteiger partial charge in [-0.25, -0.2) is 8.42 Å². The Morgan fingerprint density at radius 1 is 1.21 bits per heavy atom. The van der Waals surface area contributed by atoms with E-state index in [1.807, 2.05) is 37.3 Å². The van der Waals surface area contributed by atoms with Crippen LogP contribution in [-0.2, 0) is 21.4 Å². The summed E-state index contributed by atoms with van der Waals surface area (Å²) >= 11 is 0. The van der Waals surface area contributed by atoms with Gasteiger partial charge in [0.1, 0.15) is 5.75 Å². The molecule has 0 aromatic heterocycles.